The molecular weight excluding hydrogens is 400 g/mol. The number of esters is 1. The number of ether oxygens (including phenoxy) is 1. The van der Waals surface area contributed by atoms with E-state index in [1.165, 1.54) is 18.6 Å². The van der Waals surface area contributed by atoms with Crippen molar-refractivity contribution in [3.63, 3.8) is 0 Å². The van der Waals surface area contributed by atoms with Gasteiger partial charge in [-0.05, 0) is 37.3 Å². The molecule has 2 N–H and O–H groups in total. The summed E-state index contributed by atoms with van der Waals surface area (Å²) in [6.07, 6.45) is 2.57. The van der Waals surface area contributed by atoms with Gasteiger partial charge in [0.05, 0.1) is 22.1 Å². The molecule has 3 aromatic rings. The van der Waals surface area contributed by atoms with E-state index in [4.69, 9.17) is 16.3 Å². The maximum Gasteiger partial charge on any atom is 0.353 e. The summed E-state index contributed by atoms with van der Waals surface area (Å²) in [5.74, 6) is -0.276. The van der Waals surface area contributed by atoms with E-state index in [1.54, 1.807) is 37.3 Å². The molecule has 0 fully saturated rings. The quantitative estimate of drug-likeness (QED) is 0.333. The molecule has 11 heteroatoms. The molecule has 148 valence electrons. The highest BCUT2D eigenvalue weighted by Crippen LogP contribution is 2.32. The molecule has 0 radical (unpaired) electrons. The Hall–Kier alpha value is -3.79. The Morgan fingerprint density at radius 1 is 1.17 bits per heavy atom. The Morgan fingerprint density at radius 3 is 2.59 bits per heavy atom. The van der Waals surface area contributed by atoms with Gasteiger partial charge in [-0.3, -0.25) is 10.1 Å². The fourth-order valence-corrected chi connectivity index (χ4v) is 2.49. The van der Waals surface area contributed by atoms with Crippen LogP contribution in [-0.4, -0.2) is 32.5 Å². The number of nitrogens with zero attached hydrogens (tertiary/aromatic N) is 4. The van der Waals surface area contributed by atoms with Gasteiger partial charge in [-0.15, -0.1) is 0 Å². The first-order chi connectivity index (χ1) is 14.0. The van der Waals surface area contributed by atoms with Gasteiger partial charge in [0.2, 0.25) is 11.6 Å². The lowest BCUT2D eigenvalue weighted by Gasteiger charge is -2.10. The number of halogens is 1. The maximum absolute atomic E-state index is 11.9. The molecule has 0 atom stereocenters. The first-order valence-electron chi connectivity index (χ1n) is 8.40. The average Bonchev–Trinajstić information content (AvgIpc) is 2.70. The predicted octanol–water partition coefficient (Wildman–Crippen LogP) is 4.10. The summed E-state index contributed by atoms with van der Waals surface area (Å²) in [6.45, 7) is 1.94. The number of rotatable bonds is 7. The highest BCUT2D eigenvalue weighted by Gasteiger charge is 2.24. The molecule has 10 nitrogen and oxygen atoms in total. The fraction of sp³-hybridized carbons (Fsp3) is 0.111. The second kappa shape index (κ2) is 8.93. The second-order valence-electron chi connectivity index (χ2n) is 5.59. The van der Waals surface area contributed by atoms with Crippen LogP contribution in [0.2, 0.25) is 5.02 Å². The molecular formula is C18H15ClN6O4. The Kier molecular flexibility index (Phi) is 6.15. The Morgan fingerprint density at radius 2 is 1.93 bits per heavy atom. The van der Waals surface area contributed by atoms with Gasteiger partial charge in [0, 0.05) is 11.9 Å². The van der Waals surface area contributed by atoms with E-state index in [-0.39, 0.29) is 23.9 Å². The normalized spacial score (nSPS) is 10.3. The van der Waals surface area contributed by atoms with Gasteiger partial charge in [-0.2, -0.15) is 0 Å². The first-order valence-corrected chi connectivity index (χ1v) is 8.78. The van der Waals surface area contributed by atoms with E-state index in [9.17, 15) is 14.9 Å². The van der Waals surface area contributed by atoms with E-state index in [2.05, 4.69) is 25.6 Å². The number of carbonyl (C=O) groups is 1. The van der Waals surface area contributed by atoms with Crippen molar-refractivity contribution < 1.29 is 14.5 Å². The van der Waals surface area contributed by atoms with Gasteiger partial charge < -0.3 is 15.4 Å². The summed E-state index contributed by atoms with van der Waals surface area (Å²) in [5.41, 5.74) is 0.344. The van der Waals surface area contributed by atoms with Crippen LogP contribution in [0.5, 0.6) is 0 Å². The zero-order valence-electron chi connectivity index (χ0n) is 15.1. The molecule has 0 aliphatic carbocycles. The van der Waals surface area contributed by atoms with Crippen LogP contribution in [0.15, 0.2) is 48.9 Å². The first kappa shape index (κ1) is 20.0. The van der Waals surface area contributed by atoms with Crippen LogP contribution in [0.3, 0.4) is 0 Å². The third-order valence-electron chi connectivity index (χ3n) is 3.62. The van der Waals surface area contributed by atoms with Crippen molar-refractivity contribution in [3.05, 3.63) is 69.6 Å². The molecule has 0 aliphatic rings. The lowest BCUT2D eigenvalue weighted by molar-refractivity contribution is -0.383. The minimum atomic E-state index is -0.615. The molecule has 0 saturated heterocycles. The zero-order valence-corrected chi connectivity index (χ0v) is 15.9. The van der Waals surface area contributed by atoms with Crippen LogP contribution < -0.4 is 10.6 Å². The molecule has 0 amide bonds. The summed E-state index contributed by atoms with van der Waals surface area (Å²) in [5, 5.41) is 17.7. The topological polar surface area (TPSA) is 132 Å². The van der Waals surface area contributed by atoms with Gasteiger partial charge in [-0.25, -0.2) is 19.7 Å². The molecule has 0 saturated carbocycles. The van der Waals surface area contributed by atoms with Crippen LogP contribution in [0.25, 0.3) is 0 Å². The Bertz CT molecular complexity index is 1040. The number of aromatic nitrogens is 3. The molecule has 0 aliphatic heterocycles. The minimum Gasteiger partial charge on any atom is -0.462 e. The lowest BCUT2D eigenvalue weighted by atomic mass is 10.2. The molecule has 0 bridgehead atoms. The molecule has 2 aromatic heterocycles. The SMILES string of the molecule is CCOC(=O)c1cccc(Nc2ncnc(Nc3ccc(Cl)cn3)c2[N+](=O)[O-])c1. The standard InChI is InChI=1S/C18H15ClN6O4/c1-2-29-18(26)11-4-3-5-13(8-11)23-16-15(25(27)28)17(22-10-21-16)24-14-7-6-12(19)9-20-14/h3-10H,2H2,1H3,(H2,20,21,22,23,24). The number of nitrogens with one attached hydrogen (secondary N) is 2. The largest absolute Gasteiger partial charge is 0.462 e. The molecule has 0 spiro atoms. The van der Waals surface area contributed by atoms with Crippen LogP contribution in [0.1, 0.15) is 17.3 Å². The highest BCUT2D eigenvalue weighted by atomic mass is 35.5. The van der Waals surface area contributed by atoms with Crippen molar-refractivity contribution in [2.45, 2.75) is 6.92 Å². The number of anilines is 4. The van der Waals surface area contributed by atoms with E-state index in [0.29, 0.717) is 22.1 Å². The molecule has 2 heterocycles. The Balaban J connectivity index is 1.92. The third kappa shape index (κ3) is 4.93. The number of pyridine rings is 1. The molecule has 1 aromatic carbocycles. The summed E-state index contributed by atoms with van der Waals surface area (Å²) in [6, 6.07) is 9.50. The van der Waals surface area contributed by atoms with Crippen molar-refractivity contribution in [2.75, 3.05) is 17.2 Å². The smallest absolute Gasteiger partial charge is 0.353 e. The highest BCUT2D eigenvalue weighted by molar-refractivity contribution is 6.30. The van der Waals surface area contributed by atoms with Crippen LogP contribution in [-0.2, 0) is 4.74 Å². The van der Waals surface area contributed by atoms with E-state index < -0.39 is 10.9 Å². The van der Waals surface area contributed by atoms with E-state index in [1.807, 2.05) is 0 Å². The van der Waals surface area contributed by atoms with Gasteiger partial charge in [0.25, 0.3) is 0 Å². The number of hydrogen-bond acceptors (Lipinski definition) is 9. The second-order valence-corrected chi connectivity index (χ2v) is 6.03. The predicted molar refractivity (Wildman–Crippen MR) is 107 cm³/mol. The van der Waals surface area contributed by atoms with Crippen LogP contribution in [0, 0.1) is 10.1 Å². The monoisotopic (exact) mass is 414 g/mol. The number of nitro groups is 1. The maximum atomic E-state index is 11.9. The van der Waals surface area contributed by atoms with Crippen LogP contribution >= 0.6 is 11.6 Å². The van der Waals surface area contributed by atoms with Gasteiger partial charge in [0.1, 0.15) is 12.1 Å². The van der Waals surface area contributed by atoms with Gasteiger partial charge >= 0.3 is 11.7 Å². The number of hydrogen-bond donors (Lipinski definition) is 2. The molecule has 29 heavy (non-hydrogen) atoms. The number of carbonyl (C=O) groups excluding carboxylic acids is 1. The third-order valence-corrected chi connectivity index (χ3v) is 3.84. The average molecular weight is 415 g/mol. The summed E-state index contributed by atoms with van der Waals surface area (Å²) >= 11 is 5.80. The van der Waals surface area contributed by atoms with Crippen LogP contribution in [0.4, 0.5) is 28.8 Å². The summed E-state index contributed by atoms with van der Waals surface area (Å²) in [7, 11) is 0. The van der Waals surface area contributed by atoms with Crippen molar-refractivity contribution in [2.24, 2.45) is 0 Å². The van der Waals surface area contributed by atoms with Crippen molar-refractivity contribution in [1.82, 2.24) is 15.0 Å². The molecule has 0 unspecified atom stereocenters. The van der Waals surface area contributed by atoms with Gasteiger partial charge in [-0.1, -0.05) is 17.7 Å². The lowest BCUT2D eigenvalue weighted by Crippen LogP contribution is -2.07. The minimum absolute atomic E-state index is 0.0520. The summed E-state index contributed by atoms with van der Waals surface area (Å²) in [4.78, 5) is 34.9. The summed E-state index contributed by atoms with van der Waals surface area (Å²) < 4.78 is 4.96. The van der Waals surface area contributed by atoms with E-state index >= 15 is 0 Å². The fourth-order valence-electron chi connectivity index (χ4n) is 2.38. The van der Waals surface area contributed by atoms with Crippen molar-refractivity contribution in [3.8, 4) is 0 Å². The van der Waals surface area contributed by atoms with E-state index in [0.717, 1.165) is 0 Å². The van der Waals surface area contributed by atoms with Crippen molar-refractivity contribution in [1.29, 1.82) is 0 Å². The molecule has 3 rings (SSSR count). The Labute approximate surface area is 170 Å². The van der Waals surface area contributed by atoms with Crippen molar-refractivity contribution >= 4 is 46.4 Å². The number of benzene rings is 1. The zero-order chi connectivity index (χ0) is 20.8. The van der Waals surface area contributed by atoms with Gasteiger partial charge in [0.15, 0.2) is 0 Å².